The maximum Gasteiger partial charge on any atom is 0.267 e. The van der Waals surface area contributed by atoms with Gasteiger partial charge in [-0.3, -0.25) is 4.90 Å². The minimum Gasteiger partial charge on any atom is -0.380 e. The number of aromatic nitrogens is 1. The molecule has 0 N–H and O–H groups in total. The lowest BCUT2D eigenvalue weighted by Gasteiger charge is -2.61. The zero-order chi connectivity index (χ0) is 27.4. The van der Waals surface area contributed by atoms with Gasteiger partial charge < -0.3 is 19.4 Å². The molecule has 39 heavy (non-hydrogen) atoms. The number of likely N-dealkylation sites (tertiary alicyclic amines) is 1. The van der Waals surface area contributed by atoms with Crippen LogP contribution in [0.15, 0.2) is 40.7 Å². The molecule has 1 aromatic heterocycles. The number of halogens is 5. The first-order valence-electron chi connectivity index (χ1n) is 12.7. The van der Waals surface area contributed by atoms with Crippen molar-refractivity contribution in [3.05, 3.63) is 52.7 Å². The number of benzene rings is 1. The quantitative estimate of drug-likeness (QED) is 0.238. The van der Waals surface area contributed by atoms with Crippen molar-refractivity contribution in [2.45, 2.75) is 12.5 Å². The first kappa shape index (κ1) is 26.3. The number of rotatable bonds is 5. The van der Waals surface area contributed by atoms with E-state index >= 15 is 0 Å². The van der Waals surface area contributed by atoms with Crippen LogP contribution in [0.1, 0.15) is 5.56 Å². The number of ether oxygens (including phenoxy) is 1. The van der Waals surface area contributed by atoms with Crippen molar-refractivity contribution in [2.24, 2.45) is 21.5 Å². The Morgan fingerprint density at radius 2 is 1.92 bits per heavy atom. The van der Waals surface area contributed by atoms with E-state index in [0.717, 1.165) is 23.5 Å². The molecule has 208 valence electrons. The Kier molecular flexibility index (Phi) is 6.67. The van der Waals surface area contributed by atoms with Gasteiger partial charge in [0.1, 0.15) is 5.82 Å². The third-order valence-electron chi connectivity index (χ3n) is 7.91. The van der Waals surface area contributed by atoms with E-state index in [-0.39, 0.29) is 31.0 Å². The molecule has 4 aliphatic heterocycles. The van der Waals surface area contributed by atoms with Crippen LogP contribution < -0.4 is 9.80 Å². The van der Waals surface area contributed by atoms with Gasteiger partial charge in [0.05, 0.1) is 31.9 Å². The number of guanidine groups is 1. The highest BCUT2D eigenvalue weighted by atomic mass is 35.5. The molecule has 4 aliphatic rings. The lowest BCUT2D eigenvalue weighted by Crippen LogP contribution is -2.74. The molecule has 0 amide bonds. The molecule has 0 unspecified atom stereocenters. The second-order valence-electron chi connectivity index (χ2n) is 10.8. The molecule has 0 bridgehead atoms. The van der Waals surface area contributed by atoms with Crippen LogP contribution in [-0.4, -0.2) is 92.4 Å². The van der Waals surface area contributed by atoms with Crippen LogP contribution in [0.4, 0.5) is 29.1 Å². The number of anilines is 2. The molecule has 0 aliphatic carbocycles. The molecule has 13 heteroatoms. The van der Waals surface area contributed by atoms with E-state index < -0.39 is 23.5 Å². The molecule has 0 saturated carbocycles. The van der Waals surface area contributed by atoms with Crippen molar-refractivity contribution < 1.29 is 22.3 Å². The molecule has 2 aromatic rings. The van der Waals surface area contributed by atoms with Gasteiger partial charge in [-0.1, -0.05) is 11.6 Å². The minimum atomic E-state index is -2.86. The maximum absolute atomic E-state index is 14.9. The summed E-state index contributed by atoms with van der Waals surface area (Å²) in [5, 5.41) is 8.67. The third kappa shape index (κ3) is 4.93. The standard InChI is InChI=1S/C26H28ClF4N7O/c1-32-34-24(37-14-25(15-37)12-36(13-25)23-21(29)7-20(28)8-33-23)38-5-4-35(16-26(30,31)18-10-39-11-18)9-17-6-19(27)2-3-22(17)38/h2-3,6-8,18H,1,4-5,9-16H2/b34-24-. The van der Waals surface area contributed by atoms with Crippen molar-refractivity contribution in [1.82, 2.24) is 14.8 Å². The highest BCUT2D eigenvalue weighted by Crippen LogP contribution is 2.43. The van der Waals surface area contributed by atoms with Crippen LogP contribution >= 0.6 is 11.6 Å². The van der Waals surface area contributed by atoms with E-state index in [1.807, 2.05) is 11.0 Å². The number of pyridine rings is 1. The van der Waals surface area contributed by atoms with Gasteiger partial charge in [-0.05, 0) is 23.8 Å². The number of fused-ring (bicyclic) bond motifs is 1. The molecule has 3 saturated heterocycles. The Morgan fingerprint density at radius 1 is 1.15 bits per heavy atom. The first-order chi connectivity index (χ1) is 18.7. The summed E-state index contributed by atoms with van der Waals surface area (Å²) >= 11 is 6.30. The van der Waals surface area contributed by atoms with Crippen LogP contribution in [-0.2, 0) is 11.3 Å². The van der Waals surface area contributed by atoms with Gasteiger partial charge >= 0.3 is 0 Å². The van der Waals surface area contributed by atoms with Gasteiger partial charge in [-0.2, -0.15) is 5.10 Å². The van der Waals surface area contributed by atoms with Crippen LogP contribution in [0.25, 0.3) is 0 Å². The third-order valence-corrected chi connectivity index (χ3v) is 8.15. The van der Waals surface area contributed by atoms with E-state index in [2.05, 4.69) is 26.8 Å². The number of nitrogens with zero attached hydrogens (tertiary/aromatic N) is 7. The smallest absolute Gasteiger partial charge is 0.267 e. The van der Waals surface area contributed by atoms with E-state index in [1.165, 1.54) is 0 Å². The van der Waals surface area contributed by atoms with Crippen molar-refractivity contribution in [2.75, 3.05) is 68.8 Å². The summed E-state index contributed by atoms with van der Waals surface area (Å²) in [7, 11) is 0. The molecule has 0 radical (unpaired) electrons. The van der Waals surface area contributed by atoms with Gasteiger partial charge in [0.2, 0.25) is 5.96 Å². The Labute approximate surface area is 228 Å². The molecule has 8 nitrogen and oxygen atoms in total. The summed E-state index contributed by atoms with van der Waals surface area (Å²) in [6, 6.07) is 6.29. The normalized spacial score (nSPS) is 21.7. The van der Waals surface area contributed by atoms with Crippen molar-refractivity contribution in [3.8, 4) is 0 Å². The first-order valence-corrected chi connectivity index (χ1v) is 13.1. The van der Waals surface area contributed by atoms with Gasteiger partial charge in [0, 0.05) is 74.7 Å². The molecule has 1 aromatic carbocycles. The zero-order valence-corrected chi connectivity index (χ0v) is 21.9. The maximum atomic E-state index is 14.9. The summed E-state index contributed by atoms with van der Waals surface area (Å²) < 4.78 is 62.2. The van der Waals surface area contributed by atoms with Gasteiger partial charge in [0.15, 0.2) is 11.6 Å². The molecule has 6 rings (SSSR count). The van der Waals surface area contributed by atoms with Crippen LogP contribution in [0, 0.1) is 23.0 Å². The summed E-state index contributed by atoms with van der Waals surface area (Å²) in [6.07, 6.45) is 1.01. The molecule has 1 spiro atoms. The molecule has 0 atom stereocenters. The summed E-state index contributed by atoms with van der Waals surface area (Å²) in [4.78, 5) is 11.5. The second kappa shape index (κ2) is 9.90. The van der Waals surface area contributed by atoms with Gasteiger partial charge in [0.25, 0.3) is 5.92 Å². The predicted octanol–water partition coefficient (Wildman–Crippen LogP) is 3.71. The van der Waals surface area contributed by atoms with Crippen molar-refractivity contribution in [1.29, 1.82) is 0 Å². The van der Waals surface area contributed by atoms with E-state index in [1.54, 1.807) is 21.9 Å². The second-order valence-corrected chi connectivity index (χ2v) is 11.3. The van der Waals surface area contributed by atoms with Crippen molar-refractivity contribution in [3.63, 3.8) is 0 Å². The van der Waals surface area contributed by atoms with Crippen LogP contribution in [0.5, 0.6) is 0 Å². The van der Waals surface area contributed by atoms with Crippen LogP contribution in [0.3, 0.4) is 0 Å². The highest BCUT2D eigenvalue weighted by molar-refractivity contribution is 6.30. The average Bonchev–Trinajstić information content (AvgIpc) is 2.94. The lowest BCUT2D eigenvalue weighted by atomic mass is 9.73. The highest BCUT2D eigenvalue weighted by Gasteiger charge is 2.54. The van der Waals surface area contributed by atoms with Crippen LogP contribution in [0.2, 0.25) is 5.02 Å². The fraction of sp³-hybridized carbons (Fsp3) is 0.500. The van der Waals surface area contributed by atoms with Gasteiger partial charge in [-0.15, -0.1) is 5.10 Å². The largest absolute Gasteiger partial charge is 0.380 e. The fourth-order valence-electron chi connectivity index (χ4n) is 5.88. The number of hydrogen-bond donors (Lipinski definition) is 0. The Balaban J connectivity index is 1.18. The molecule has 5 heterocycles. The zero-order valence-electron chi connectivity index (χ0n) is 21.2. The minimum absolute atomic E-state index is 0.0786. The summed E-state index contributed by atoms with van der Waals surface area (Å²) in [5.41, 5.74) is 1.56. The SMILES string of the molecule is C=N/N=C(/N1CC2(C1)CN(c1ncc(F)cc1F)C2)N1CCN(CC(F)(F)C2COC2)Cc2cc(Cl)ccc21. The summed E-state index contributed by atoms with van der Waals surface area (Å²) in [5.74, 6) is -4.30. The summed E-state index contributed by atoms with van der Waals surface area (Å²) in [6.45, 7) is 6.89. The monoisotopic (exact) mass is 565 g/mol. The molecule has 3 fully saturated rings. The Hall–Kier alpha value is -2.96. The van der Waals surface area contributed by atoms with Crippen molar-refractivity contribution >= 4 is 35.8 Å². The lowest BCUT2D eigenvalue weighted by molar-refractivity contribution is -0.178. The number of alkyl halides is 2. The Morgan fingerprint density at radius 3 is 2.59 bits per heavy atom. The topological polar surface area (TPSA) is 59.8 Å². The predicted molar refractivity (Wildman–Crippen MR) is 141 cm³/mol. The fourth-order valence-corrected chi connectivity index (χ4v) is 6.08. The van der Waals surface area contributed by atoms with E-state index in [4.69, 9.17) is 16.3 Å². The molecular formula is C26H28ClF4N7O. The van der Waals surface area contributed by atoms with Gasteiger partial charge in [-0.25, -0.2) is 22.5 Å². The number of hydrogen-bond acceptors (Lipinski definition) is 6. The Bertz CT molecular complexity index is 1290. The average molecular weight is 566 g/mol. The molecular weight excluding hydrogens is 538 g/mol. The van der Waals surface area contributed by atoms with E-state index in [0.29, 0.717) is 56.8 Å². The van der Waals surface area contributed by atoms with E-state index in [9.17, 15) is 17.6 Å².